The molecule has 0 amide bonds. The fraction of sp³-hybridized carbons (Fsp3) is 0.900. The standard InChI is InChI=1S/C10H20NTe.ClH/c1-3-5-8-12(10-7-11)9-6-4-2;/h3-6,8-10H2,1-2H3;1H/q+1;/p-1. The summed E-state index contributed by atoms with van der Waals surface area (Å²) >= 11 is -0.923. The van der Waals surface area contributed by atoms with Crippen LogP contribution in [-0.4, -0.2) is 19.6 Å². The van der Waals surface area contributed by atoms with Gasteiger partial charge in [0.1, 0.15) is 0 Å². The second-order valence-electron chi connectivity index (χ2n) is 3.03. The second kappa shape index (κ2) is 12.6. The van der Waals surface area contributed by atoms with E-state index in [0.29, 0.717) is 0 Å². The number of unbranched alkanes of at least 4 members (excludes halogenated alkanes) is 2. The van der Waals surface area contributed by atoms with Crippen molar-refractivity contribution in [2.24, 2.45) is 0 Å². The van der Waals surface area contributed by atoms with Gasteiger partial charge in [-0.3, -0.25) is 0 Å². The van der Waals surface area contributed by atoms with Crippen LogP contribution in [0.3, 0.4) is 0 Å². The Kier molecular flexibility index (Phi) is 15.5. The Balaban J connectivity index is 0. The van der Waals surface area contributed by atoms with E-state index < -0.39 is 19.6 Å². The summed E-state index contributed by atoms with van der Waals surface area (Å²) in [5.74, 6) is 0. The van der Waals surface area contributed by atoms with Gasteiger partial charge in [0.2, 0.25) is 0 Å². The van der Waals surface area contributed by atoms with E-state index in [1.165, 1.54) is 34.6 Å². The molecular weight excluding hydrogens is 297 g/mol. The van der Waals surface area contributed by atoms with Crippen LogP contribution in [0.15, 0.2) is 0 Å². The minimum Gasteiger partial charge on any atom is -1.00 e. The maximum absolute atomic E-state index is 8.63. The van der Waals surface area contributed by atoms with Gasteiger partial charge in [0.25, 0.3) is 0 Å². The number of rotatable bonds is 7. The number of hydrogen-bond acceptors (Lipinski definition) is 1. The molecular formula is C10H20ClNTe. The number of nitrogens with zero attached hydrogens (tertiary/aromatic N) is 1. The van der Waals surface area contributed by atoms with E-state index in [-0.39, 0.29) is 12.4 Å². The van der Waals surface area contributed by atoms with Crippen LogP contribution in [0, 0.1) is 11.3 Å². The zero-order valence-electron chi connectivity index (χ0n) is 8.68. The third-order valence-corrected chi connectivity index (χ3v) is 8.32. The van der Waals surface area contributed by atoms with Gasteiger partial charge in [-0.25, -0.2) is 0 Å². The molecule has 0 aliphatic heterocycles. The van der Waals surface area contributed by atoms with Crippen LogP contribution in [0.4, 0.5) is 0 Å². The Labute approximate surface area is 96.0 Å². The maximum atomic E-state index is 8.63. The molecule has 0 unspecified atom stereocenters. The van der Waals surface area contributed by atoms with Gasteiger partial charge in [0.05, 0.1) is 0 Å². The largest absolute Gasteiger partial charge is 1.00 e. The number of hydrogen-bond donors (Lipinski definition) is 0. The van der Waals surface area contributed by atoms with Gasteiger partial charge in [0.15, 0.2) is 0 Å². The van der Waals surface area contributed by atoms with Gasteiger partial charge in [-0.05, 0) is 0 Å². The summed E-state index contributed by atoms with van der Waals surface area (Å²) in [5.41, 5.74) is 0. The average Bonchev–Trinajstić information content (AvgIpc) is 2.10. The average molecular weight is 317 g/mol. The smallest absolute Gasteiger partial charge is 1.00 e. The molecule has 78 valence electrons. The Bertz CT molecular complexity index is 125. The quantitative estimate of drug-likeness (QED) is 0.631. The van der Waals surface area contributed by atoms with Crippen molar-refractivity contribution < 1.29 is 12.4 Å². The molecule has 0 aromatic heterocycles. The Morgan fingerprint density at radius 2 is 1.54 bits per heavy atom. The number of nitriles is 1. The molecule has 0 aromatic rings. The third kappa shape index (κ3) is 10.5. The van der Waals surface area contributed by atoms with Crippen LogP contribution in [-0.2, 0) is 0 Å². The molecule has 0 rings (SSSR count). The van der Waals surface area contributed by atoms with E-state index in [0.717, 1.165) is 4.47 Å². The summed E-state index contributed by atoms with van der Waals surface area (Å²) in [6.07, 6.45) is 5.33. The van der Waals surface area contributed by atoms with Crippen LogP contribution in [0.5, 0.6) is 0 Å². The molecule has 0 atom stereocenters. The van der Waals surface area contributed by atoms with E-state index in [2.05, 4.69) is 19.9 Å². The van der Waals surface area contributed by atoms with Crippen LogP contribution >= 0.6 is 0 Å². The van der Waals surface area contributed by atoms with Crippen molar-refractivity contribution in [1.29, 1.82) is 5.26 Å². The SMILES string of the molecule is CCCC[Te+](CC#N)CCCC.[Cl-]. The Morgan fingerprint density at radius 1 is 1.08 bits per heavy atom. The van der Waals surface area contributed by atoms with Gasteiger partial charge in [-0.15, -0.1) is 0 Å². The van der Waals surface area contributed by atoms with E-state index in [9.17, 15) is 0 Å². The van der Waals surface area contributed by atoms with Crippen LogP contribution in [0.1, 0.15) is 39.5 Å². The van der Waals surface area contributed by atoms with Gasteiger partial charge in [-0.1, -0.05) is 0 Å². The van der Waals surface area contributed by atoms with Crippen molar-refractivity contribution in [3.63, 3.8) is 0 Å². The van der Waals surface area contributed by atoms with Crippen molar-refractivity contribution in [1.82, 2.24) is 0 Å². The molecule has 0 spiro atoms. The van der Waals surface area contributed by atoms with Crippen LogP contribution < -0.4 is 12.4 Å². The molecule has 0 bridgehead atoms. The molecule has 3 heteroatoms. The summed E-state index contributed by atoms with van der Waals surface area (Å²) in [7, 11) is 0. The molecule has 0 saturated heterocycles. The second-order valence-corrected chi connectivity index (χ2v) is 9.68. The molecule has 0 aliphatic rings. The molecule has 0 saturated carbocycles. The Morgan fingerprint density at radius 3 is 1.85 bits per heavy atom. The minimum absolute atomic E-state index is 0. The first-order valence-corrected chi connectivity index (χ1v) is 9.80. The predicted molar refractivity (Wildman–Crippen MR) is 55.6 cm³/mol. The monoisotopic (exact) mass is 319 g/mol. The van der Waals surface area contributed by atoms with Gasteiger partial charge in [-0.2, -0.15) is 0 Å². The van der Waals surface area contributed by atoms with Crippen LogP contribution in [0.2, 0.25) is 13.4 Å². The topological polar surface area (TPSA) is 23.8 Å². The first-order chi connectivity index (χ1) is 5.85. The van der Waals surface area contributed by atoms with Crippen molar-refractivity contribution in [3.05, 3.63) is 0 Å². The molecule has 0 radical (unpaired) electrons. The molecule has 0 heterocycles. The fourth-order valence-electron chi connectivity index (χ4n) is 1.03. The number of halogens is 1. The summed E-state index contributed by atoms with van der Waals surface area (Å²) in [6.45, 7) is 4.48. The summed E-state index contributed by atoms with van der Waals surface area (Å²) < 4.78 is 3.78. The molecule has 0 aliphatic carbocycles. The molecule has 0 aromatic carbocycles. The summed E-state index contributed by atoms with van der Waals surface area (Å²) in [6, 6.07) is 2.36. The van der Waals surface area contributed by atoms with E-state index in [1.54, 1.807) is 0 Å². The van der Waals surface area contributed by atoms with E-state index in [1.807, 2.05) is 0 Å². The van der Waals surface area contributed by atoms with Gasteiger partial charge < -0.3 is 12.4 Å². The fourth-order valence-corrected chi connectivity index (χ4v) is 6.94. The molecule has 0 N–H and O–H groups in total. The normalized spacial score (nSPS) is 9.38. The van der Waals surface area contributed by atoms with E-state index >= 15 is 0 Å². The first kappa shape index (κ1) is 16.0. The van der Waals surface area contributed by atoms with Gasteiger partial charge >= 0.3 is 83.8 Å². The maximum Gasteiger partial charge on any atom is -1.00 e. The minimum atomic E-state index is -0.923. The third-order valence-electron chi connectivity index (χ3n) is 1.84. The zero-order chi connectivity index (χ0) is 9.23. The first-order valence-electron chi connectivity index (χ1n) is 4.86. The zero-order valence-corrected chi connectivity index (χ0v) is 11.8. The van der Waals surface area contributed by atoms with Crippen molar-refractivity contribution in [3.8, 4) is 6.07 Å². The van der Waals surface area contributed by atoms with Crippen molar-refractivity contribution in [2.45, 2.75) is 52.9 Å². The molecule has 1 nitrogen and oxygen atoms in total. The van der Waals surface area contributed by atoms with Crippen LogP contribution in [0.25, 0.3) is 0 Å². The Hall–Kier alpha value is 0.570. The van der Waals surface area contributed by atoms with Crippen molar-refractivity contribution >= 4 is 19.6 Å². The predicted octanol–water partition coefficient (Wildman–Crippen LogP) is 0.609. The van der Waals surface area contributed by atoms with Gasteiger partial charge in [0, 0.05) is 0 Å². The van der Waals surface area contributed by atoms with E-state index in [4.69, 9.17) is 5.26 Å². The molecule has 0 fully saturated rings. The van der Waals surface area contributed by atoms with Crippen molar-refractivity contribution in [2.75, 3.05) is 0 Å². The molecule has 13 heavy (non-hydrogen) atoms. The summed E-state index contributed by atoms with van der Waals surface area (Å²) in [4.78, 5) is 0. The summed E-state index contributed by atoms with van der Waals surface area (Å²) in [5, 5.41) is 8.63.